The summed E-state index contributed by atoms with van der Waals surface area (Å²) >= 11 is 1.67. The van der Waals surface area contributed by atoms with Crippen LogP contribution in [0.25, 0.3) is 0 Å². The second kappa shape index (κ2) is 5.98. The van der Waals surface area contributed by atoms with Crippen LogP contribution in [-0.4, -0.2) is 29.3 Å². The summed E-state index contributed by atoms with van der Waals surface area (Å²) in [6, 6.07) is 2.06. The van der Waals surface area contributed by atoms with Crippen LogP contribution in [0.5, 0.6) is 0 Å². The molecule has 0 saturated carbocycles. The van der Waals surface area contributed by atoms with Gasteiger partial charge in [0, 0.05) is 6.42 Å². The number of rotatable bonds is 4. The second-order valence-corrected chi connectivity index (χ2v) is 6.47. The summed E-state index contributed by atoms with van der Waals surface area (Å²) in [5, 5.41) is 4.12. The number of carbonyl (C=O) groups is 1. The van der Waals surface area contributed by atoms with Crippen molar-refractivity contribution in [2.75, 3.05) is 13.1 Å². The fourth-order valence-corrected chi connectivity index (χ4v) is 3.27. The Bertz CT molecular complexity index is 375. The molecule has 1 aliphatic heterocycles. The molecule has 2 heterocycles. The Hall–Kier alpha value is -0.670. The van der Waals surface area contributed by atoms with Crippen molar-refractivity contribution in [2.45, 2.75) is 51.5 Å². The molecule has 18 heavy (non-hydrogen) atoms. The zero-order valence-corrected chi connectivity index (χ0v) is 12.3. The fourth-order valence-electron chi connectivity index (χ4n) is 2.60. The van der Waals surface area contributed by atoms with E-state index >= 15 is 0 Å². The predicted molar refractivity (Wildman–Crippen MR) is 77.2 cm³/mol. The highest BCUT2D eigenvalue weighted by Crippen LogP contribution is 2.23. The third kappa shape index (κ3) is 3.21. The molecule has 0 spiro atoms. The highest BCUT2D eigenvalue weighted by molar-refractivity contribution is 7.08. The lowest BCUT2D eigenvalue weighted by Gasteiger charge is -2.36. The predicted octanol–water partition coefficient (Wildman–Crippen LogP) is 3.51. The highest BCUT2D eigenvalue weighted by Gasteiger charge is 2.34. The molecular weight excluding hydrogens is 242 g/mol. The van der Waals surface area contributed by atoms with Gasteiger partial charge >= 0.3 is 0 Å². The van der Waals surface area contributed by atoms with Crippen LogP contribution < -0.4 is 0 Å². The van der Waals surface area contributed by atoms with E-state index in [4.69, 9.17) is 0 Å². The summed E-state index contributed by atoms with van der Waals surface area (Å²) < 4.78 is 0. The minimum atomic E-state index is -0.313. The van der Waals surface area contributed by atoms with Crippen LogP contribution in [0.3, 0.4) is 0 Å². The van der Waals surface area contributed by atoms with Crippen LogP contribution in [0.15, 0.2) is 16.8 Å². The molecule has 3 heteroatoms. The van der Waals surface area contributed by atoms with E-state index in [2.05, 4.69) is 30.2 Å². The van der Waals surface area contributed by atoms with Crippen LogP contribution in [0, 0.1) is 0 Å². The average Bonchev–Trinajstić information content (AvgIpc) is 2.68. The summed E-state index contributed by atoms with van der Waals surface area (Å²) in [4.78, 5) is 14.9. The van der Waals surface area contributed by atoms with Gasteiger partial charge in [0.15, 0.2) is 5.78 Å². The standard InChI is InChI=1S/C15H23NOS/c1-15(2,16-8-5-3-4-6-9-16)14(17)11-13-7-10-18-12-13/h7,10,12H,3-6,8-9,11H2,1-2H3. The van der Waals surface area contributed by atoms with Gasteiger partial charge < -0.3 is 0 Å². The normalized spacial score (nSPS) is 18.6. The molecule has 1 aliphatic rings. The van der Waals surface area contributed by atoms with Gasteiger partial charge in [-0.3, -0.25) is 9.69 Å². The van der Waals surface area contributed by atoms with Crippen molar-refractivity contribution in [3.63, 3.8) is 0 Å². The Labute approximate surface area is 114 Å². The Morgan fingerprint density at radius 2 is 1.94 bits per heavy atom. The molecule has 0 unspecified atom stereocenters. The van der Waals surface area contributed by atoms with Crippen molar-refractivity contribution >= 4 is 17.1 Å². The molecule has 2 rings (SSSR count). The van der Waals surface area contributed by atoms with Crippen molar-refractivity contribution in [3.05, 3.63) is 22.4 Å². The molecule has 2 nitrogen and oxygen atoms in total. The van der Waals surface area contributed by atoms with E-state index in [1.165, 1.54) is 25.7 Å². The third-order valence-corrected chi connectivity index (χ3v) is 4.76. The number of likely N-dealkylation sites (tertiary alicyclic amines) is 1. The Morgan fingerprint density at radius 1 is 1.28 bits per heavy atom. The summed E-state index contributed by atoms with van der Waals surface area (Å²) in [7, 11) is 0. The first-order valence-corrected chi connectivity index (χ1v) is 7.84. The first kappa shape index (κ1) is 13.8. The molecule has 0 radical (unpaired) electrons. The first-order chi connectivity index (χ1) is 8.60. The molecule has 1 aromatic heterocycles. The zero-order chi connectivity index (χ0) is 13.0. The van der Waals surface area contributed by atoms with Crippen LogP contribution in [0.4, 0.5) is 0 Å². The lowest BCUT2D eigenvalue weighted by molar-refractivity contribution is -0.128. The minimum Gasteiger partial charge on any atom is -0.297 e. The number of hydrogen-bond donors (Lipinski definition) is 0. The maximum absolute atomic E-state index is 12.5. The monoisotopic (exact) mass is 265 g/mol. The summed E-state index contributed by atoms with van der Waals surface area (Å²) in [6.45, 7) is 6.32. The Morgan fingerprint density at radius 3 is 2.50 bits per heavy atom. The summed E-state index contributed by atoms with van der Waals surface area (Å²) in [5.74, 6) is 0.350. The van der Waals surface area contributed by atoms with Gasteiger partial charge in [0.1, 0.15) is 0 Å². The SMILES string of the molecule is CC(C)(C(=O)Cc1ccsc1)N1CCCCCC1. The molecule has 0 amide bonds. The van der Waals surface area contributed by atoms with Gasteiger partial charge in [-0.25, -0.2) is 0 Å². The van der Waals surface area contributed by atoms with Gasteiger partial charge in [0.25, 0.3) is 0 Å². The van der Waals surface area contributed by atoms with E-state index in [9.17, 15) is 4.79 Å². The first-order valence-electron chi connectivity index (χ1n) is 6.90. The van der Waals surface area contributed by atoms with Crippen molar-refractivity contribution in [1.29, 1.82) is 0 Å². The maximum Gasteiger partial charge on any atom is 0.156 e. The quantitative estimate of drug-likeness (QED) is 0.830. The van der Waals surface area contributed by atoms with E-state index in [0.29, 0.717) is 12.2 Å². The van der Waals surface area contributed by atoms with Crippen LogP contribution in [0.1, 0.15) is 45.1 Å². The number of ketones is 1. The van der Waals surface area contributed by atoms with Crippen molar-refractivity contribution < 1.29 is 4.79 Å². The molecule has 1 saturated heterocycles. The van der Waals surface area contributed by atoms with Gasteiger partial charge in [-0.2, -0.15) is 11.3 Å². The van der Waals surface area contributed by atoms with E-state index < -0.39 is 0 Å². The third-order valence-electron chi connectivity index (χ3n) is 4.02. The lowest BCUT2D eigenvalue weighted by Crippen LogP contribution is -2.51. The van der Waals surface area contributed by atoms with Gasteiger partial charge in [-0.1, -0.05) is 12.8 Å². The lowest BCUT2D eigenvalue weighted by atomic mass is 9.92. The zero-order valence-electron chi connectivity index (χ0n) is 11.4. The Balaban J connectivity index is 2.01. The number of Topliss-reactive ketones (excluding diaryl/α,β-unsaturated/α-hetero) is 1. The molecule has 0 aliphatic carbocycles. The molecule has 0 N–H and O–H groups in total. The molecule has 1 fully saturated rings. The topological polar surface area (TPSA) is 20.3 Å². The summed E-state index contributed by atoms with van der Waals surface area (Å²) in [5.41, 5.74) is 0.847. The van der Waals surface area contributed by atoms with Gasteiger partial charge in [0.05, 0.1) is 5.54 Å². The summed E-state index contributed by atoms with van der Waals surface area (Å²) in [6.07, 6.45) is 5.66. The molecule has 100 valence electrons. The second-order valence-electron chi connectivity index (χ2n) is 5.69. The molecule has 0 atom stereocenters. The minimum absolute atomic E-state index is 0.313. The average molecular weight is 265 g/mol. The number of thiophene rings is 1. The number of nitrogens with zero attached hydrogens (tertiary/aromatic N) is 1. The molecular formula is C15H23NOS. The smallest absolute Gasteiger partial charge is 0.156 e. The number of hydrogen-bond acceptors (Lipinski definition) is 3. The van der Waals surface area contributed by atoms with Crippen molar-refractivity contribution in [1.82, 2.24) is 4.90 Å². The molecule has 0 aromatic carbocycles. The van der Waals surface area contributed by atoms with Gasteiger partial charge in [-0.15, -0.1) is 0 Å². The van der Waals surface area contributed by atoms with Crippen molar-refractivity contribution in [2.24, 2.45) is 0 Å². The largest absolute Gasteiger partial charge is 0.297 e. The Kier molecular flexibility index (Phi) is 4.57. The van der Waals surface area contributed by atoms with Crippen LogP contribution in [-0.2, 0) is 11.2 Å². The van der Waals surface area contributed by atoms with E-state index in [1.54, 1.807) is 11.3 Å². The molecule has 1 aromatic rings. The van der Waals surface area contributed by atoms with E-state index in [1.807, 2.05) is 5.38 Å². The van der Waals surface area contributed by atoms with E-state index in [-0.39, 0.29) is 5.54 Å². The maximum atomic E-state index is 12.5. The fraction of sp³-hybridized carbons (Fsp3) is 0.667. The van der Waals surface area contributed by atoms with Gasteiger partial charge in [0.2, 0.25) is 0 Å². The van der Waals surface area contributed by atoms with E-state index in [0.717, 1.165) is 18.7 Å². The highest BCUT2D eigenvalue weighted by atomic mass is 32.1. The molecule has 0 bridgehead atoms. The van der Waals surface area contributed by atoms with Crippen LogP contribution >= 0.6 is 11.3 Å². The van der Waals surface area contributed by atoms with Crippen LogP contribution in [0.2, 0.25) is 0 Å². The van der Waals surface area contributed by atoms with Gasteiger partial charge in [-0.05, 0) is 62.2 Å². The number of carbonyl (C=O) groups excluding carboxylic acids is 1. The van der Waals surface area contributed by atoms with Crippen molar-refractivity contribution in [3.8, 4) is 0 Å².